The Balaban J connectivity index is 1.38. The van der Waals surface area contributed by atoms with Crippen molar-refractivity contribution in [3.05, 3.63) is 78.0 Å². The Labute approximate surface area is 189 Å². The fourth-order valence-corrected chi connectivity index (χ4v) is 6.06. The maximum atomic E-state index is 9.32. The molecule has 2 aliphatic carbocycles. The summed E-state index contributed by atoms with van der Waals surface area (Å²) in [5.41, 5.74) is 7.93. The molecule has 160 valence electrons. The van der Waals surface area contributed by atoms with Gasteiger partial charge in [-0.3, -0.25) is 0 Å². The standard InChI is InChI=1S/C30H36N/c1-22-8-4-5-10-28(22)29-16-15-26(21-31(29)3)24-13-11-23(12-14-24)25-17-19-30(2)18-7-6-9-27(30)20-25/h4-5,8,10-16,21,25,27H,6-7,9,17-20H2,1-3H3/q+1/t25?,27-,30-/m0/s1/i25D. The summed E-state index contributed by atoms with van der Waals surface area (Å²) < 4.78 is 11.5. The average molecular weight is 412 g/mol. The fourth-order valence-electron chi connectivity index (χ4n) is 6.06. The SMILES string of the molecule is [2H]C1(c2ccc(-c3ccc(-c4ccccc4C)[n+](C)c3)cc2)CC[C@]2(C)CCCC[C@H]2C1. The molecule has 1 nitrogen and oxygen atoms in total. The number of rotatable bonds is 3. The quantitative estimate of drug-likeness (QED) is 0.390. The normalized spacial score (nSPS) is 28.6. The third-order valence-corrected chi connectivity index (χ3v) is 8.21. The van der Waals surface area contributed by atoms with Crippen LogP contribution in [0.25, 0.3) is 22.4 Å². The lowest BCUT2D eigenvalue weighted by atomic mass is 9.57. The van der Waals surface area contributed by atoms with Crippen LogP contribution >= 0.6 is 0 Å². The van der Waals surface area contributed by atoms with Crippen LogP contribution in [0.2, 0.25) is 0 Å². The molecule has 3 atom stereocenters. The highest BCUT2D eigenvalue weighted by atomic mass is 14.9. The van der Waals surface area contributed by atoms with Crippen LogP contribution in [0, 0.1) is 18.3 Å². The Morgan fingerprint density at radius 2 is 1.68 bits per heavy atom. The van der Waals surface area contributed by atoms with E-state index >= 15 is 0 Å². The van der Waals surface area contributed by atoms with Crippen molar-refractivity contribution >= 4 is 0 Å². The lowest BCUT2D eigenvalue weighted by Gasteiger charge is -2.48. The molecule has 2 saturated carbocycles. The van der Waals surface area contributed by atoms with E-state index in [1.54, 1.807) is 0 Å². The first-order valence-corrected chi connectivity index (χ1v) is 12.0. The van der Waals surface area contributed by atoms with E-state index in [4.69, 9.17) is 0 Å². The van der Waals surface area contributed by atoms with E-state index in [0.29, 0.717) is 5.41 Å². The number of aryl methyl sites for hydroxylation is 2. The summed E-state index contributed by atoms with van der Waals surface area (Å²) >= 11 is 0. The van der Waals surface area contributed by atoms with Crippen LogP contribution in [0.3, 0.4) is 0 Å². The minimum absolute atomic E-state index is 0.417. The monoisotopic (exact) mass is 411 g/mol. The molecule has 0 bridgehead atoms. The molecular formula is C30H36N+. The first-order valence-electron chi connectivity index (χ1n) is 12.5. The van der Waals surface area contributed by atoms with Crippen LogP contribution in [0.5, 0.6) is 0 Å². The van der Waals surface area contributed by atoms with Crippen LogP contribution in [0.1, 0.15) is 70.3 Å². The summed E-state index contributed by atoms with van der Waals surface area (Å²) in [6.45, 7) is 4.65. The molecule has 0 spiro atoms. The largest absolute Gasteiger partial charge is 0.212 e. The summed E-state index contributed by atoms with van der Waals surface area (Å²) in [6, 6.07) is 21.9. The first kappa shape index (κ1) is 19.3. The molecule has 0 amide bonds. The maximum absolute atomic E-state index is 9.32. The molecule has 1 unspecified atom stereocenters. The third-order valence-electron chi connectivity index (χ3n) is 8.21. The lowest BCUT2D eigenvalue weighted by Crippen LogP contribution is -2.36. The van der Waals surface area contributed by atoms with Gasteiger partial charge in [0.05, 0.1) is 0 Å². The van der Waals surface area contributed by atoms with Crippen LogP contribution in [-0.4, -0.2) is 0 Å². The Hall–Kier alpha value is -2.41. The van der Waals surface area contributed by atoms with E-state index in [0.717, 1.165) is 18.8 Å². The number of fused-ring (bicyclic) bond motifs is 1. The summed E-state index contributed by atoms with van der Waals surface area (Å²) in [6.07, 6.45) is 10.9. The molecular weight excluding hydrogens is 374 g/mol. The van der Waals surface area contributed by atoms with E-state index < -0.39 is 5.89 Å². The predicted octanol–water partition coefficient (Wildman–Crippen LogP) is 7.62. The van der Waals surface area contributed by atoms with Gasteiger partial charge in [0, 0.05) is 18.6 Å². The smallest absolute Gasteiger partial charge is 0.200 e. The van der Waals surface area contributed by atoms with Crippen molar-refractivity contribution in [2.45, 2.75) is 64.7 Å². The molecule has 5 rings (SSSR count). The van der Waals surface area contributed by atoms with E-state index in [9.17, 15) is 1.37 Å². The van der Waals surface area contributed by atoms with Gasteiger partial charge in [-0.05, 0) is 85.1 Å². The Bertz CT molecular complexity index is 1120. The van der Waals surface area contributed by atoms with Crippen molar-refractivity contribution in [2.24, 2.45) is 18.4 Å². The molecule has 1 heterocycles. The zero-order valence-corrected chi connectivity index (χ0v) is 19.3. The number of nitrogens with zero attached hydrogens (tertiary/aromatic N) is 1. The molecule has 2 fully saturated rings. The highest BCUT2D eigenvalue weighted by Crippen LogP contribution is 2.53. The van der Waals surface area contributed by atoms with Gasteiger partial charge in [-0.25, -0.2) is 4.57 Å². The van der Waals surface area contributed by atoms with Crippen molar-refractivity contribution in [1.82, 2.24) is 0 Å². The highest BCUT2D eigenvalue weighted by molar-refractivity contribution is 5.66. The van der Waals surface area contributed by atoms with Crippen LogP contribution in [-0.2, 0) is 7.05 Å². The molecule has 31 heavy (non-hydrogen) atoms. The number of pyridine rings is 1. The van der Waals surface area contributed by atoms with Crippen LogP contribution < -0.4 is 4.57 Å². The van der Waals surface area contributed by atoms with Crippen molar-refractivity contribution in [1.29, 1.82) is 0 Å². The number of hydrogen-bond donors (Lipinski definition) is 0. The molecule has 1 aromatic heterocycles. The molecule has 3 aromatic rings. The molecule has 1 heteroatoms. The predicted molar refractivity (Wildman–Crippen MR) is 130 cm³/mol. The molecule has 0 saturated heterocycles. The summed E-state index contributed by atoms with van der Waals surface area (Å²) in [7, 11) is 2.13. The first-order chi connectivity index (χ1) is 15.4. The van der Waals surface area contributed by atoms with Crippen LogP contribution in [0.15, 0.2) is 66.9 Å². The van der Waals surface area contributed by atoms with Gasteiger partial charge in [0.25, 0.3) is 0 Å². The zero-order chi connectivity index (χ0) is 22.3. The fraction of sp³-hybridized carbons (Fsp3) is 0.433. The van der Waals surface area contributed by atoms with Gasteiger partial charge >= 0.3 is 0 Å². The van der Waals surface area contributed by atoms with Crippen molar-refractivity contribution in [3.63, 3.8) is 0 Å². The topological polar surface area (TPSA) is 3.88 Å². The van der Waals surface area contributed by atoms with Gasteiger partial charge in [-0.2, -0.15) is 0 Å². The van der Waals surface area contributed by atoms with Gasteiger partial charge in [0.1, 0.15) is 7.05 Å². The number of benzene rings is 2. The summed E-state index contributed by atoms with van der Waals surface area (Å²) in [5.74, 6) is 0.301. The lowest BCUT2D eigenvalue weighted by molar-refractivity contribution is -0.659. The van der Waals surface area contributed by atoms with Crippen molar-refractivity contribution in [3.8, 4) is 22.4 Å². The molecule has 2 aliphatic rings. The molecule has 0 N–H and O–H groups in total. The highest BCUT2D eigenvalue weighted by Gasteiger charge is 2.41. The van der Waals surface area contributed by atoms with Gasteiger partial charge in [-0.1, -0.05) is 62.2 Å². The molecule has 2 aromatic carbocycles. The van der Waals surface area contributed by atoms with E-state index in [2.05, 4.69) is 92.3 Å². The molecule has 0 radical (unpaired) electrons. The maximum Gasteiger partial charge on any atom is 0.212 e. The second-order valence-corrected chi connectivity index (χ2v) is 10.2. The summed E-state index contributed by atoms with van der Waals surface area (Å²) in [4.78, 5) is 0. The summed E-state index contributed by atoms with van der Waals surface area (Å²) in [5, 5.41) is 0. The van der Waals surface area contributed by atoms with Gasteiger partial charge in [0.2, 0.25) is 5.69 Å². The van der Waals surface area contributed by atoms with Crippen molar-refractivity contribution in [2.75, 3.05) is 0 Å². The number of hydrogen-bond acceptors (Lipinski definition) is 0. The van der Waals surface area contributed by atoms with Gasteiger partial charge < -0.3 is 0 Å². The van der Waals surface area contributed by atoms with E-state index in [1.165, 1.54) is 65.6 Å². The van der Waals surface area contributed by atoms with Gasteiger partial charge in [-0.15, -0.1) is 0 Å². The number of aromatic nitrogens is 1. The third kappa shape index (κ3) is 3.95. The van der Waals surface area contributed by atoms with Gasteiger partial charge in [0.15, 0.2) is 6.20 Å². The van der Waals surface area contributed by atoms with E-state index in [-0.39, 0.29) is 0 Å². The second-order valence-electron chi connectivity index (χ2n) is 10.2. The Morgan fingerprint density at radius 1 is 0.903 bits per heavy atom. The Kier molecular flexibility index (Phi) is 5.14. The second kappa shape index (κ2) is 8.26. The van der Waals surface area contributed by atoms with Crippen molar-refractivity contribution < 1.29 is 5.94 Å². The minimum Gasteiger partial charge on any atom is -0.200 e. The van der Waals surface area contributed by atoms with Crippen LogP contribution in [0.4, 0.5) is 0 Å². The molecule has 0 aliphatic heterocycles. The average Bonchev–Trinajstić information content (AvgIpc) is 2.80. The Morgan fingerprint density at radius 3 is 2.45 bits per heavy atom. The minimum atomic E-state index is -0.417. The zero-order valence-electron chi connectivity index (χ0n) is 20.3. The van der Waals surface area contributed by atoms with E-state index in [1.807, 2.05) is 0 Å².